The maximum atomic E-state index is 10.4. The summed E-state index contributed by atoms with van der Waals surface area (Å²) in [5, 5.41) is 0. The molecule has 11 heavy (non-hydrogen) atoms. The summed E-state index contributed by atoms with van der Waals surface area (Å²) >= 11 is 0. The van der Waals surface area contributed by atoms with E-state index in [1.807, 2.05) is 13.3 Å². The molecule has 0 aliphatic heterocycles. The summed E-state index contributed by atoms with van der Waals surface area (Å²) < 4.78 is 0. The summed E-state index contributed by atoms with van der Waals surface area (Å²) in [4.78, 5) is 12.2. The van der Waals surface area contributed by atoms with Crippen LogP contribution in [-0.4, -0.2) is 23.9 Å². The lowest BCUT2D eigenvalue weighted by Gasteiger charge is -2.24. The van der Waals surface area contributed by atoms with Gasteiger partial charge in [-0.15, -0.1) is 0 Å². The smallest absolute Gasteiger partial charge is 0.312 e. The largest absolute Gasteiger partial charge is 0.331 e. The number of rotatable bonds is 5. The molecule has 0 saturated carbocycles. The Labute approximate surface area is 69.6 Å². The molecule has 0 bridgehead atoms. The van der Waals surface area contributed by atoms with E-state index < -0.39 is 0 Å². The molecule has 0 aromatic heterocycles. The lowest BCUT2D eigenvalue weighted by Crippen LogP contribution is -2.34. The van der Waals surface area contributed by atoms with Crippen LogP contribution in [0.1, 0.15) is 34.1 Å². The molecule has 0 aliphatic carbocycles. The van der Waals surface area contributed by atoms with E-state index in [4.69, 9.17) is 0 Å². The van der Waals surface area contributed by atoms with Gasteiger partial charge in [-0.25, -0.2) is 0 Å². The molecule has 1 atom stereocenters. The summed E-state index contributed by atoms with van der Waals surface area (Å²) in [6.07, 6.45) is 2.97. The van der Waals surface area contributed by atoms with E-state index in [2.05, 4.69) is 20.8 Å². The van der Waals surface area contributed by atoms with Crippen molar-refractivity contribution < 1.29 is 4.79 Å². The van der Waals surface area contributed by atoms with Gasteiger partial charge in [0.1, 0.15) is 0 Å². The van der Waals surface area contributed by atoms with Crippen LogP contribution < -0.4 is 0 Å². The van der Waals surface area contributed by atoms with E-state index in [1.54, 1.807) is 4.90 Å². The zero-order valence-electron chi connectivity index (χ0n) is 7.92. The molecule has 0 heterocycles. The summed E-state index contributed by atoms with van der Waals surface area (Å²) in [5.41, 5.74) is 0. The quantitative estimate of drug-likeness (QED) is 0.556. The molecule has 0 N–H and O–H groups in total. The van der Waals surface area contributed by atoms with Gasteiger partial charge in [0.05, 0.1) is 0 Å². The molecular formula is C9H18NO. The second kappa shape index (κ2) is 5.16. The zero-order chi connectivity index (χ0) is 8.85. The van der Waals surface area contributed by atoms with Crippen LogP contribution in [0.15, 0.2) is 0 Å². The third-order valence-electron chi connectivity index (χ3n) is 1.80. The van der Waals surface area contributed by atoms with Crippen molar-refractivity contribution >= 4 is 6.41 Å². The topological polar surface area (TPSA) is 20.3 Å². The van der Waals surface area contributed by atoms with E-state index in [0.29, 0.717) is 12.0 Å². The fraction of sp³-hybridized carbons (Fsp3) is 0.889. The van der Waals surface area contributed by atoms with E-state index in [-0.39, 0.29) is 0 Å². The Hall–Kier alpha value is -0.530. The highest BCUT2D eigenvalue weighted by Gasteiger charge is 2.11. The van der Waals surface area contributed by atoms with Gasteiger partial charge in [-0.05, 0) is 19.3 Å². The Morgan fingerprint density at radius 1 is 1.36 bits per heavy atom. The predicted molar refractivity (Wildman–Crippen MR) is 47.0 cm³/mol. The summed E-state index contributed by atoms with van der Waals surface area (Å²) in [5.74, 6) is 0.533. The van der Waals surface area contributed by atoms with Crippen molar-refractivity contribution in [2.75, 3.05) is 6.54 Å². The second-order valence-corrected chi connectivity index (χ2v) is 3.39. The lowest BCUT2D eigenvalue weighted by atomic mass is 10.1. The number of hydrogen-bond donors (Lipinski definition) is 0. The third kappa shape index (κ3) is 4.02. The minimum absolute atomic E-state index is 0.329. The first-order valence-electron chi connectivity index (χ1n) is 4.26. The maximum Gasteiger partial charge on any atom is 0.312 e. The van der Waals surface area contributed by atoms with Crippen LogP contribution in [0.4, 0.5) is 0 Å². The first-order valence-corrected chi connectivity index (χ1v) is 4.26. The molecule has 65 valence electrons. The number of carbonyl (C=O) groups excluding carboxylic acids is 1. The van der Waals surface area contributed by atoms with Gasteiger partial charge >= 0.3 is 6.41 Å². The molecule has 0 rings (SSSR count). The van der Waals surface area contributed by atoms with Crippen LogP contribution in [0.3, 0.4) is 0 Å². The molecule has 2 heteroatoms. The van der Waals surface area contributed by atoms with Crippen LogP contribution in [0.25, 0.3) is 0 Å². The Bertz CT molecular complexity index is 112. The van der Waals surface area contributed by atoms with Gasteiger partial charge in [0.15, 0.2) is 0 Å². The standard InChI is InChI=1S/C9H18NO/c1-5-9(4)10(7-11)6-8(2)3/h8-9H,5-6H2,1-4H3. The second-order valence-electron chi connectivity index (χ2n) is 3.39. The van der Waals surface area contributed by atoms with Gasteiger partial charge < -0.3 is 4.90 Å². The number of hydrogen-bond acceptors (Lipinski definition) is 1. The van der Waals surface area contributed by atoms with Gasteiger partial charge in [0.25, 0.3) is 0 Å². The van der Waals surface area contributed by atoms with Crippen LogP contribution in [0, 0.1) is 5.92 Å². The van der Waals surface area contributed by atoms with Crippen LogP contribution >= 0.6 is 0 Å². The Morgan fingerprint density at radius 3 is 2.18 bits per heavy atom. The molecule has 0 saturated heterocycles. The summed E-state index contributed by atoms with van der Waals surface area (Å²) in [6, 6.07) is 0.329. The zero-order valence-corrected chi connectivity index (χ0v) is 7.92. The minimum atomic E-state index is 0.329. The Morgan fingerprint density at radius 2 is 1.91 bits per heavy atom. The normalized spacial score (nSPS) is 13.2. The van der Waals surface area contributed by atoms with Gasteiger partial charge in [0.2, 0.25) is 0 Å². The first kappa shape index (κ1) is 10.5. The molecular weight excluding hydrogens is 138 g/mol. The number of amides is 1. The predicted octanol–water partition coefficient (Wildman–Crippen LogP) is 1.81. The molecule has 1 unspecified atom stereocenters. The molecule has 0 fully saturated rings. The maximum absolute atomic E-state index is 10.4. The SMILES string of the molecule is CCC(C)N([C]=O)CC(C)C. The van der Waals surface area contributed by atoms with Crippen molar-refractivity contribution in [1.29, 1.82) is 0 Å². The Kier molecular flexibility index (Phi) is 4.92. The van der Waals surface area contributed by atoms with Crippen molar-refractivity contribution in [1.82, 2.24) is 4.90 Å². The van der Waals surface area contributed by atoms with Gasteiger partial charge in [0, 0.05) is 12.6 Å². The van der Waals surface area contributed by atoms with Crippen LogP contribution in [0.5, 0.6) is 0 Å². The highest BCUT2D eigenvalue weighted by Crippen LogP contribution is 2.04. The van der Waals surface area contributed by atoms with Crippen molar-refractivity contribution in [3.8, 4) is 0 Å². The van der Waals surface area contributed by atoms with Crippen molar-refractivity contribution in [2.24, 2.45) is 5.92 Å². The highest BCUT2D eigenvalue weighted by molar-refractivity contribution is 5.48. The minimum Gasteiger partial charge on any atom is -0.331 e. The fourth-order valence-electron chi connectivity index (χ4n) is 0.921. The highest BCUT2D eigenvalue weighted by atomic mass is 16.1. The van der Waals surface area contributed by atoms with Crippen molar-refractivity contribution in [3.63, 3.8) is 0 Å². The molecule has 1 amide bonds. The van der Waals surface area contributed by atoms with Gasteiger partial charge in [-0.2, -0.15) is 0 Å². The Balaban J connectivity index is 3.84. The van der Waals surface area contributed by atoms with Crippen molar-refractivity contribution in [2.45, 2.75) is 40.2 Å². The number of nitrogens with zero attached hydrogens (tertiary/aromatic N) is 1. The van der Waals surface area contributed by atoms with Crippen LogP contribution in [0.2, 0.25) is 0 Å². The van der Waals surface area contributed by atoms with Gasteiger partial charge in [-0.3, -0.25) is 4.79 Å². The van der Waals surface area contributed by atoms with E-state index >= 15 is 0 Å². The van der Waals surface area contributed by atoms with Crippen LogP contribution in [-0.2, 0) is 4.79 Å². The molecule has 0 aromatic carbocycles. The van der Waals surface area contributed by atoms with Crippen molar-refractivity contribution in [3.05, 3.63) is 0 Å². The average molecular weight is 156 g/mol. The monoisotopic (exact) mass is 156 g/mol. The summed E-state index contributed by atoms with van der Waals surface area (Å²) in [7, 11) is 0. The molecule has 0 spiro atoms. The van der Waals surface area contributed by atoms with E-state index in [1.165, 1.54) is 0 Å². The first-order chi connectivity index (χ1) is 5.11. The summed E-state index contributed by atoms with van der Waals surface area (Å²) in [6.45, 7) is 9.15. The fourth-order valence-corrected chi connectivity index (χ4v) is 0.921. The van der Waals surface area contributed by atoms with E-state index in [0.717, 1.165) is 13.0 Å². The lowest BCUT2D eigenvalue weighted by molar-refractivity contribution is 0.274. The van der Waals surface area contributed by atoms with Gasteiger partial charge in [-0.1, -0.05) is 20.8 Å². The van der Waals surface area contributed by atoms with E-state index in [9.17, 15) is 4.79 Å². The molecule has 2 nitrogen and oxygen atoms in total. The molecule has 0 aliphatic rings. The molecule has 0 aromatic rings. The molecule has 1 radical (unpaired) electrons. The average Bonchev–Trinajstić information content (AvgIpc) is 1.98. The third-order valence-corrected chi connectivity index (χ3v) is 1.80.